The molecule has 0 saturated heterocycles. The largest absolute Gasteiger partial charge is 0.381 e. The zero-order valence-electron chi connectivity index (χ0n) is 15.4. The van der Waals surface area contributed by atoms with E-state index >= 15 is 0 Å². The Morgan fingerprint density at radius 3 is 2.00 bits per heavy atom. The minimum Gasteiger partial charge on any atom is -0.381 e. The smallest absolute Gasteiger partial charge is 0.138 e. The second kappa shape index (κ2) is 10.3. The summed E-state index contributed by atoms with van der Waals surface area (Å²) >= 11 is 0. The van der Waals surface area contributed by atoms with E-state index in [0.29, 0.717) is 29.7 Å². The number of nitrogens with one attached hydrogen (secondary N) is 1. The molecule has 0 aromatic rings. The molecule has 0 aliphatic rings. The van der Waals surface area contributed by atoms with Crippen LogP contribution in [-0.4, -0.2) is 31.1 Å². The lowest BCUT2D eigenvalue weighted by molar-refractivity contribution is -0.127. The van der Waals surface area contributed by atoms with E-state index in [-0.39, 0.29) is 11.8 Å². The highest BCUT2D eigenvalue weighted by Crippen LogP contribution is 2.24. The number of carbonyl (C=O) groups excluding carboxylic acids is 1. The molecule has 0 spiro atoms. The molecule has 3 atom stereocenters. The topological polar surface area (TPSA) is 38.3 Å². The van der Waals surface area contributed by atoms with E-state index in [9.17, 15) is 4.79 Å². The lowest BCUT2D eigenvalue weighted by Crippen LogP contribution is -2.43. The number of hydrogen-bond donors (Lipinski definition) is 1. The van der Waals surface area contributed by atoms with Crippen molar-refractivity contribution in [2.24, 2.45) is 23.7 Å². The van der Waals surface area contributed by atoms with Gasteiger partial charge in [-0.1, -0.05) is 48.5 Å². The standard InChI is InChI=1S/C18H37NO2/c1-12(2)11-21-10-9-17(16(8)19-14(5)6)15(7)18(20)13(3)4/h12-17,19H,9-11H2,1-8H3. The van der Waals surface area contributed by atoms with Gasteiger partial charge in [0.1, 0.15) is 5.78 Å². The van der Waals surface area contributed by atoms with E-state index in [1.54, 1.807) is 0 Å². The van der Waals surface area contributed by atoms with Gasteiger partial charge in [-0.05, 0) is 25.2 Å². The van der Waals surface area contributed by atoms with Gasteiger partial charge in [-0.15, -0.1) is 0 Å². The fraction of sp³-hybridized carbons (Fsp3) is 0.944. The quantitative estimate of drug-likeness (QED) is 0.588. The predicted octanol–water partition coefficient (Wildman–Crippen LogP) is 3.91. The fourth-order valence-electron chi connectivity index (χ4n) is 2.86. The molecule has 0 heterocycles. The van der Waals surface area contributed by atoms with Crippen molar-refractivity contribution >= 4 is 5.78 Å². The Balaban J connectivity index is 4.64. The SMILES string of the molecule is CC(C)COCCC(C(C)NC(C)C)C(C)C(=O)C(C)C. The lowest BCUT2D eigenvalue weighted by Gasteiger charge is -2.32. The van der Waals surface area contributed by atoms with Crippen LogP contribution in [0.2, 0.25) is 0 Å². The molecule has 0 aromatic heterocycles. The highest BCUT2D eigenvalue weighted by Gasteiger charge is 2.29. The molecule has 0 aliphatic heterocycles. The number of ether oxygens (including phenoxy) is 1. The Labute approximate surface area is 132 Å². The Morgan fingerprint density at radius 2 is 1.57 bits per heavy atom. The van der Waals surface area contributed by atoms with Gasteiger partial charge in [0.15, 0.2) is 0 Å². The van der Waals surface area contributed by atoms with Crippen LogP contribution in [0.1, 0.15) is 61.8 Å². The Morgan fingerprint density at radius 1 is 1.00 bits per heavy atom. The van der Waals surface area contributed by atoms with Crippen molar-refractivity contribution < 1.29 is 9.53 Å². The fourth-order valence-corrected chi connectivity index (χ4v) is 2.86. The molecule has 21 heavy (non-hydrogen) atoms. The molecule has 0 amide bonds. The minimum atomic E-state index is 0.0777. The molecule has 1 N–H and O–H groups in total. The Kier molecular flexibility index (Phi) is 10.1. The van der Waals surface area contributed by atoms with E-state index in [1.165, 1.54) is 0 Å². The van der Waals surface area contributed by atoms with Gasteiger partial charge in [-0.25, -0.2) is 0 Å². The van der Waals surface area contributed by atoms with Gasteiger partial charge in [-0.3, -0.25) is 4.79 Å². The van der Waals surface area contributed by atoms with Gasteiger partial charge in [0.25, 0.3) is 0 Å². The number of Topliss-reactive ketones (excluding diaryl/α,β-unsaturated/α-hetero) is 1. The molecule has 3 unspecified atom stereocenters. The summed E-state index contributed by atoms with van der Waals surface area (Å²) in [5.74, 6) is 1.43. The summed E-state index contributed by atoms with van der Waals surface area (Å²) in [5.41, 5.74) is 0. The van der Waals surface area contributed by atoms with Crippen LogP contribution in [0.15, 0.2) is 0 Å². The summed E-state index contributed by atoms with van der Waals surface area (Å²) < 4.78 is 5.73. The first kappa shape index (κ1) is 20.6. The van der Waals surface area contributed by atoms with Crippen LogP contribution in [0.25, 0.3) is 0 Å². The monoisotopic (exact) mass is 299 g/mol. The normalized spacial score (nSPS) is 16.5. The molecule has 0 radical (unpaired) electrons. The highest BCUT2D eigenvalue weighted by molar-refractivity contribution is 5.82. The van der Waals surface area contributed by atoms with Gasteiger partial charge >= 0.3 is 0 Å². The first-order valence-electron chi connectivity index (χ1n) is 8.54. The van der Waals surface area contributed by atoms with E-state index in [0.717, 1.165) is 19.6 Å². The lowest BCUT2D eigenvalue weighted by atomic mass is 9.79. The molecule has 126 valence electrons. The summed E-state index contributed by atoms with van der Waals surface area (Å²) in [6, 6.07) is 0.755. The third-order valence-electron chi connectivity index (χ3n) is 3.95. The molecule has 3 heteroatoms. The predicted molar refractivity (Wildman–Crippen MR) is 90.5 cm³/mol. The van der Waals surface area contributed by atoms with Gasteiger partial charge in [0.05, 0.1) is 0 Å². The molecule has 0 fully saturated rings. The maximum absolute atomic E-state index is 12.3. The van der Waals surface area contributed by atoms with Crippen LogP contribution < -0.4 is 5.32 Å². The third kappa shape index (κ3) is 8.57. The van der Waals surface area contributed by atoms with Crippen molar-refractivity contribution in [1.29, 1.82) is 0 Å². The number of ketones is 1. The molecule has 0 bridgehead atoms. The number of hydrogen-bond acceptors (Lipinski definition) is 3. The van der Waals surface area contributed by atoms with Crippen LogP contribution >= 0.6 is 0 Å². The summed E-state index contributed by atoms with van der Waals surface area (Å²) in [5, 5.41) is 3.56. The van der Waals surface area contributed by atoms with E-state index in [2.05, 4.69) is 46.9 Å². The second-order valence-corrected chi connectivity index (χ2v) is 7.38. The summed E-state index contributed by atoms with van der Waals surface area (Å²) in [6.45, 7) is 18.4. The molecule has 3 nitrogen and oxygen atoms in total. The van der Waals surface area contributed by atoms with E-state index in [4.69, 9.17) is 4.74 Å². The Hall–Kier alpha value is -0.410. The Bertz CT molecular complexity index is 287. The first-order valence-corrected chi connectivity index (χ1v) is 8.54. The van der Waals surface area contributed by atoms with Gasteiger partial charge < -0.3 is 10.1 Å². The van der Waals surface area contributed by atoms with Crippen LogP contribution in [0.5, 0.6) is 0 Å². The van der Waals surface area contributed by atoms with E-state index < -0.39 is 0 Å². The molecular weight excluding hydrogens is 262 g/mol. The van der Waals surface area contributed by atoms with Crippen molar-refractivity contribution in [3.05, 3.63) is 0 Å². The van der Waals surface area contributed by atoms with Crippen molar-refractivity contribution in [2.75, 3.05) is 13.2 Å². The summed E-state index contributed by atoms with van der Waals surface area (Å²) in [4.78, 5) is 12.3. The van der Waals surface area contributed by atoms with Crippen LogP contribution in [0, 0.1) is 23.7 Å². The van der Waals surface area contributed by atoms with Crippen molar-refractivity contribution in [3.63, 3.8) is 0 Å². The first-order chi connectivity index (χ1) is 9.66. The zero-order valence-corrected chi connectivity index (χ0v) is 15.4. The van der Waals surface area contributed by atoms with Crippen molar-refractivity contribution in [2.45, 2.75) is 73.9 Å². The summed E-state index contributed by atoms with van der Waals surface area (Å²) in [7, 11) is 0. The zero-order chi connectivity index (χ0) is 16.6. The molecule has 0 aliphatic carbocycles. The highest BCUT2D eigenvalue weighted by atomic mass is 16.5. The maximum Gasteiger partial charge on any atom is 0.138 e. The average Bonchev–Trinajstić information content (AvgIpc) is 2.35. The minimum absolute atomic E-state index is 0.0777. The van der Waals surface area contributed by atoms with Gasteiger partial charge in [0.2, 0.25) is 0 Å². The summed E-state index contributed by atoms with van der Waals surface area (Å²) in [6.07, 6.45) is 0.938. The second-order valence-electron chi connectivity index (χ2n) is 7.38. The third-order valence-corrected chi connectivity index (χ3v) is 3.95. The number of carbonyl (C=O) groups is 1. The molecule has 0 saturated carbocycles. The average molecular weight is 299 g/mol. The van der Waals surface area contributed by atoms with Crippen LogP contribution in [0.4, 0.5) is 0 Å². The maximum atomic E-state index is 12.3. The van der Waals surface area contributed by atoms with Crippen LogP contribution in [-0.2, 0) is 9.53 Å². The van der Waals surface area contributed by atoms with Crippen LogP contribution in [0.3, 0.4) is 0 Å². The number of rotatable bonds is 11. The van der Waals surface area contributed by atoms with Gasteiger partial charge in [-0.2, -0.15) is 0 Å². The van der Waals surface area contributed by atoms with Crippen molar-refractivity contribution in [1.82, 2.24) is 5.32 Å². The van der Waals surface area contributed by atoms with Gasteiger partial charge in [0, 0.05) is 37.1 Å². The molecular formula is C18H37NO2. The molecule has 0 aromatic carbocycles. The molecule has 0 rings (SSSR count). The van der Waals surface area contributed by atoms with E-state index in [1.807, 2.05) is 13.8 Å². The van der Waals surface area contributed by atoms with Crippen molar-refractivity contribution in [3.8, 4) is 0 Å².